The first-order chi connectivity index (χ1) is 12.9. The molecule has 8 heteroatoms. The first-order valence-electron chi connectivity index (χ1n) is 8.34. The van der Waals surface area contributed by atoms with Gasteiger partial charge in [-0.2, -0.15) is 0 Å². The molecule has 27 heavy (non-hydrogen) atoms. The predicted octanol–water partition coefficient (Wildman–Crippen LogP) is 3.38. The number of halogens is 1. The molecule has 0 radical (unpaired) electrons. The average Bonchev–Trinajstić information content (AvgIpc) is 2.65. The molecule has 0 bridgehead atoms. The van der Waals surface area contributed by atoms with Crippen molar-refractivity contribution in [2.24, 2.45) is 0 Å². The maximum absolute atomic E-state index is 12.9. The van der Waals surface area contributed by atoms with Crippen molar-refractivity contribution in [2.75, 3.05) is 16.6 Å². The van der Waals surface area contributed by atoms with Gasteiger partial charge in [-0.3, -0.25) is 4.72 Å². The molecule has 6 nitrogen and oxygen atoms in total. The number of nitrogens with zero attached hydrogens (tertiary/aromatic N) is 2. The van der Waals surface area contributed by atoms with Crippen LogP contribution < -0.4 is 10.0 Å². The van der Waals surface area contributed by atoms with Crippen LogP contribution in [0.1, 0.15) is 11.1 Å². The molecule has 0 amide bonds. The van der Waals surface area contributed by atoms with E-state index in [4.69, 9.17) is 0 Å². The first kappa shape index (κ1) is 18.8. The largest absolute Gasteiger partial charge is 0.368 e. The zero-order valence-electron chi connectivity index (χ0n) is 14.7. The SMILES string of the molecule is Cc1ccccc1S(=O)(=O)Nc1ccc(NCCc2ccc(F)cc2)nn1. The normalized spacial score (nSPS) is 11.2. The highest BCUT2D eigenvalue weighted by molar-refractivity contribution is 7.92. The molecular weight excluding hydrogens is 367 g/mol. The zero-order chi connectivity index (χ0) is 19.3. The van der Waals surface area contributed by atoms with Crippen molar-refractivity contribution in [3.8, 4) is 0 Å². The molecule has 0 saturated heterocycles. The zero-order valence-corrected chi connectivity index (χ0v) is 15.5. The Hall–Kier alpha value is -3.00. The smallest absolute Gasteiger partial charge is 0.263 e. The molecule has 3 rings (SSSR count). The number of anilines is 2. The Kier molecular flexibility index (Phi) is 5.66. The second kappa shape index (κ2) is 8.13. The van der Waals surface area contributed by atoms with Crippen LogP contribution in [-0.2, 0) is 16.4 Å². The Morgan fingerprint density at radius 3 is 2.26 bits per heavy atom. The van der Waals surface area contributed by atoms with Crippen molar-refractivity contribution in [1.82, 2.24) is 10.2 Å². The van der Waals surface area contributed by atoms with Crippen LogP contribution >= 0.6 is 0 Å². The summed E-state index contributed by atoms with van der Waals surface area (Å²) in [5, 5.41) is 11.0. The standard InChI is InChI=1S/C19H19FN4O2S/c1-14-4-2-3-5-17(14)27(25,26)24-19-11-10-18(22-23-19)21-13-12-15-6-8-16(20)9-7-15/h2-11H,12-13H2,1H3,(H,21,22)(H,23,24). The van der Waals surface area contributed by atoms with Gasteiger partial charge in [-0.25, -0.2) is 12.8 Å². The lowest BCUT2D eigenvalue weighted by Crippen LogP contribution is -2.16. The minimum atomic E-state index is -3.72. The maximum atomic E-state index is 12.9. The third-order valence-electron chi connectivity index (χ3n) is 3.92. The number of nitrogens with one attached hydrogen (secondary N) is 2. The van der Waals surface area contributed by atoms with Crippen LogP contribution in [0.5, 0.6) is 0 Å². The van der Waals surface area contributed by atoms with Gasteiger partial charge in [-0.05, 0) is 54.8 Å². The third kappa shape index (κ3) is 5.01. The van der Waals surface area contributed by atoms with E-state index < -0.39 is 10.0 Å². The number of hydrogen-bond donors (Lipinski definition) is 2. The summed E-state index contributed by atoms with van der Waals surface area (Å²) < 4.78 is 40.2. The maximum Gasteiger partial charge on any atom is 0.263 e. The Bertz CT molecular complexity index is 1010. The quantitative estimate of drug-likeness (QED) is 0.650. The van der Waals surface area contributed by atoms with Crippen LogP contribution in [0.15, 0.2) is 65.6 Å². The van der Waals surface area contributed by atoms with E-state index in [1.807, 2.05) is 0 Å². The first-order valence-corrected chi connectivity index (χ1v) is 9.83. The molecule has 1 heterocycles. The van der Waals surface area contributed by atoms with E-state index in [0.717, 1.165) is 5.56 Å². The number of aromatic nitrogens is 2. The summed E-state index contributed by atoms with van der Waals surface area (Å²) in [6.45, 7) is 2.32. The second-order valence-corrected chi connectivity index (χ2v) is 7.63. The Balaban J connectivity index is 1.58. The van der Waals surface area contributed by atoms with Gasteiger partial charge in [0, 0.05) is 6.54 Å². The molecular formula is C19H19FN4O2S. The summed E-state index contributed by atoms with van der Waals surface area (Å²) >= 11 is 0. The van der Waals surface area contributed by atoms with Gasteiger partial charge >= 0.3 is 0 Å². The van der Waals surface area contributed by atoms with Crippen LogP contribution in [0.3, 0.4) is 0 Å². The van der Waals surface area contributed by atoms with Crippen LogP contribution in [-0.4, -0.2) is 25.2 Å². The van der Waals surface area contributed by atoms with E-state index in [1.54, 1.807) is 49.4 Å². The number of aryl methyl sites for hydroxylation is 1. The lowest BCUT2D eigenvalue weighted by atomic mass is 10.1. The summed E-state index contributed by atoms with van der Waals surface area (Å²) in [6, 6.07) is 16.2. The molecule has 0 aliphatic rings. The molecule has 0 saturated carbocycles. The molecule has 0 atom stereocenters. The van der Waals surface area contributed by atoms with Crippen molar-refractivity contribution >= 4 is 21.7 Å². The number of sulfonamides is 1. The average molecular weight is 386 g/mol. The second-order valence-electron chi connectivity index (χ2n) is 5.98. The van der Waals surface area contributed by atoms with Gasteiger partial charge in [0.2, 0.25) is 0 Å². The molecule has 0 fully saturated rings. The fourth-order valence-electron chi connectivity index (χ4n) is 2.52. The van der Waals surface area contributed by atoms with Crippen molar-refractivity contribution < 1.29 is 12.8 Å². The van der Waals surface area contributed by atoms with Crippen molar-refractivity contribution in [3.05, 3.63) is 77.6 Å². The number of hydrogen-bond acceptors (Lipinski definition) is 5. The predicted molar refractivity (Wildman–Crippen MR) is 103 cm³/mol. The summed E-state index contributed by atoms with van der Waals surface area (Å²) in [6.07, 6.45) is 0.698. The molecule has 2 aromatic carbocycles. The molecule has 0 aliphatic heterocycles. The molecule has 2 N–H and O–H groups in total. The highest BCUT2D eigenvalue weighted by Crippen LogP contribution is 2.18. The lowest BCUT2D eigenvalue weighted by Gasteiger charge is -2.10. The van der Waals surface area contributed by atoms with Crippen LogP contribution in [0.2, 0.25) is 0 Å². The van der Waals surface area contributed by atoms with E-state index in [9.17, 15) is 12.8 Å². The molecule has 0 unspecified atom stereocenters. The summed E-state index contributed by atoms with van der Waals surface area (Å²) in [5.41, 5.74) is 1.65. The van der Waals surface area contributed by atoms with Crippen molar-refractivity contribution in [1.29, 1.82) is 0 Å². The number of benzene rings is 2. The molecule has 1 aromatic heterocycles. The van der Waals surface area contributed by atoms with Crippen molar-refractivity contribution in [3.63, 3.8) is 0 Å². The summed E-state index contributed by atoms with van der Waals surface area (Å²) in [5.74, 6) is 0.402. The topological polar surface area (TPSA) is 84.0 Å². The monoisotopic (exact) mass is 386 g/mol. The third-order valence-corrected chi connectivity index (χ3v) is 5.43. The van der Waals surface area contributed by atoms with Crippen LogP contribution in [0.25, 0.3) is 0 Å². The molecule has 140 valence electrons. The highest BCUT2D eigenvalue weighted by Gasteiger charge is 2.17. The van der Waals surface area contributed by atoms with Gasteiger partial charge < -0.3 is 5.32 Å². The van der Waals surface area contributed by atoms with Crippen molar-refractivity contribution in [2.45, 2.75) is 18.2 Å². The summed E-state index contributed by atoms with van der Waals surface area (Å²) in [7, 11) is -3.72. The Labute approximate surface area is 157 Å². The van der Waals surface area contributed by atoms with E-state index in [1.165, 1.54) is 18.2 Å². The van der Waals surface area contributed by atoms with E-state index in [0.29, 0.717) is 24.3 Å². The Morgan fingerprint density at radius 2 is 1.59 bits per heavy atom. The van der Waals surface area contributed by atoms with Gasteiger partial charge in [0.05, 0.1) is 4.90 Å². The van der Waals surface area contributed by atoms with Gasteiger partial charge in [-0.1, -0.05) is 30.3 Å². The van der Waals surface area contributed by atoms with E-state index in [-0.39, 0.29) is 16.5 Å². The minimum Gasteiger partial charge on any atom is -0.368 e. The minimum absolute atomic E-state index is 0.141. The molecule has 0 spiro atoms. The summed E-state index contributed by atoms with van der Waals surface area (Å²) in [4.78, 5) is 0.202. The van der Waals surface area contributed by atoms with Gasteiger partial charge in [-0.15, -0.1) is 10.2 Å². The van der Waals surface area contributed by atoms with Gasteiger partial charge in [0.25, 0.3) is 10.0 Å². The molecule has 3 aromatic rings. The van der Waals surface area contributed by atoms with E-state index in [2.05, 4.69) is 20.2 Å². The Morgan fingerprint density at radius 1 is 0.926 bits per heavy atom. The van der Waals surface area contributed by atoms with Gasteiger partial charge in [0.1, 0.15) is 11.6 Å². The fourth-order valence-corrected chi connectivity index (χ4v) is 3.76. The van der Waals surface area contributed by atoms with Gasteiger partial charge in [0.15, 0.2) is 5.82 Å². The van der Waals surface area contributed by atoms with Crippen LogP contribution in [0, 0.1) is 12.7 Å². The number of rotatable bonds is 7. The van der Waals surface area contributed by atoms with Crippen LogP contribution in [0.4, 0.5) is 16.0 Å². The molecule has 0 aliphatic carbocycles. The lowest BCUT2D eigenvalue weighted by molar-refractivity contribution is 0.600. The van der Waals surface area contributed by atoms with E-state index >= 15 is 0 Å². The fraction of sp³-hybridized carbons (Fsp3) is 0.158. The highest BCUT2D eigenvalue weighted by atomic mass is 32.2.